The number of aromatic nitrogens is 2. The highest BCUT2D eigenvalue weighted by Gasteiger charge is 2.17. The largest absolute Gasteiger partial charge is 0.444 e. The Labute approximate surface area is 140 Å². The van der Waals surface area contributed by atoms with Crippen LogP contribution >= 0.6 is 0 Å². The number of carbonyl (C=O) groups is 1. The SMILES string of the molecule is Cc1nn(C)c(-c2ccccc2)c1NC(=O)OCc1ccccc1. The van der Waals surface area contributed by atoms with Crippen molar-refractivity contribution in [2.75, 3.05) is 5.32 Å². The van der Waals surface area contributed by atoms with Gasteiger partial charge in [0.2, 0.25) is 0 Å². The molecule has 0 radical (unpaired) electrons. The molecule has 0 unspecified atom stereocenters. The summed E-state index contributed by atoms with van der Waals surface area (Å²) in [6, 6.07) is 19.4. The maximum Gasteiger partial charge on any atom is 0.412 e. The summed E-state index contributed by atoms with van der Waals surface area (Å²) in [5, 5.41) is 7.23. The summed E-state index contributed by atoms with van der Waals surface area (Å²) >= 11 is 0. The molecule has 0 bridgehead atoms. The van der Waals surface area contributed by atoms with E-state index in [9.17, 15) is 4.79 Å². The summed E-state index contributed by atoms with van der Waals surface area (Å²) in [4.78, 5) is 12.2. The number of nitrogens with one attached hydrogen (secondary N) is 1. The zero-order valence-electron chi connectivity index (χ0n) is 13.7. The zero-order chi connectivity index (χ0) is 16.9. The lowest BCUT2D eigenvalue weighted by Gasteiger charge is -2.09. The number of carbonyl (C=O) groups excluding carboxylic acids is 1. The zero-order valence-corrected chi connectivity index (χ0v) is 13.7. The molecule has 1 aromatic heterocycles. The second-order valence-corrected chi connectivity index (χ2v) is 5.49. The first-order chi connectivity index (χ1) is 11.6. The molecule has 0 fully saturated rings. The summed E-state index contributed by atoms with van der Waals surface area (Å²) in [5.74, 6) is 0. The van der Waals surface area contributed by atoms with Crippen molar-refractivity contribution in [3.8, 4) is 11.3 Å². The van der Waals surface area contributed by atoms with Gasteiger partial charge in [0.05, 0.1) is 17.1 Å². The first-order valence-electron chi connectivity index (χ1n) is 7.72. The quantitative estimate of drug-likeness (QED) is 0.785. The maximum atomic E-state index is 12.2. The highest BCUT2D eigenvalue weighted by molar-refractivity contribution is 5.91. The molecule has 3 rings (SSSR count). The van der Waals surface area contributed by atoms with Crippen molar-refractivity contribution >= 4 is 11.8 Å². The Morgan fingerprint density at radius 2 is 1.71 bits per heavy atom. The molecule has 122 valence electrons. The van der Waals surface area contributed by atoms with Gasteiger partial charge in [-0.15, -0.1) is 0 Å². The van der Waals surface area contributed by atoms with Crippen LogP contribution in [0.4, 0.5) is 10.5 Å². The molecule has 1 amide bonds. The van der Waals surface area contributed by atoms with Crippen molar-refractivity contribution in [2.45, 2.75) is 13.5 Å². The third kappa shape index (κ3) is 3.46. The van der Waals surface area contributed by atoms with Gasteiger partial charge in [0.15, 0.2) is 0 Å². The normalized spacial score (nSPS) is 10.4. The highest BCUT2D eigenvalue weighted by Crippen LogP contribution is 2.30. The van der Waals surface area contributed by atoms with Gasteiger partial charge in [-0.25, -0.2) is 4.79 Å². The smallest absolute Gasteiger partial charge is 0.412 e. The summed E-state index contributed by atoms with van der Waals surface area (Å²) in [6.07, 6.45) is -0.493. The fourth-order valence-corrected chi connectivity index (χ4v) is 2.60. The third-order valence-electron chi connectivity index (χ3n) is 3.71. The molecule has 1 N–H and O–H groups in total. The summed E-state index contributed by atoms with van der Waals surface area (Å²) < 4.78 is 7.06. The minimum atomic E-state index is -0.493. The van der Waals surface area contributed by atoms with Crippen LogP contribution in [0.25, 0.3) is 11.3 Å². The Bertz CT molecular complexity index is 827. The van der Waals surface area contributed by atoms with Crippen molar-refractivity contribution in [1.29, 1.82) is 0 Å². The monoisotopic (exact) mass is 321 g/mol. The van der Waals surface area contributed by atoms with Gasteiger partial charge in [-0.1, -0.05) is 60.7 Å². The van der Waals surface area contributed by atoms with E-state index >= 15 is 0 Å². The topological polar surface area (TPSA) is 56.2 Å². The Balaban J connectivity index is 1.76. The first kappa shape index (κ1) is 15.8. The lowest BCUT2D eigenvalue weighted by atomic mass is 10.1. The van der Waals surface area contributed by atoms with Gasteiger partial charge in [-0.3, -0.25) is 10.00 Å². The molecule has 2 aromatic carbocycles. The average Bonchev–Trinajstić information content (AvgIpc) is 2.88. The van der Waals surface area contributed by atoms with Gasteiger partial charge in [0.25, 0.3) is 0 Å². The van der Waals surface area contributed by atoms with Crippen molar-refractivity contribution in [2.24, 2.45) is 7.05 Å². The van der Waals surface area contributed by atoms with E-state index in [1.54, 1.807) is 4.68 Å². The molecular weight excluding hydrogens is 302 g/mol. The molecule has 0 aliphatic rings. The fourth-order valence-electron chi connectivity index (χ4n) is 2.60. The minimum Gasteiger partial charge on any atom is -0.444 e. The molecule has 0 aliphatic heterocycles. The molecule has 0 atom stereocenters. The van der Waals surface area contributed by atoms with E-state index in [4.69, 9.17) is 4.74 Å². The number of hydrogen-bond acceptors (Lipinski definition) is 3. The Hall–Kier alpha value is -3.08. The van der Waals surface area contributed by atoms with Crippen LogP contribution in [0.1, 0.15) is 11.3 Å². The number of hydrogen-bond donors (Lipinski definition) is 1. The van der Waals surface area contributed by atoms with E-state index < -0.39 is 6.09 Å². The van der Waals surface area contributed by atoms with Gasteiger partial charge in [0, 0.05) is 12.6 Å². The number of nitrogens with zero attached hydrogens (tertiary/aromatic N) is 2. The standard InChI is InChI=1S/C19H19N3O2/c1-14-17(18(22(2)21-14)16-11-7-4-8-12-16)20-19(23)24-13-15-9-5-3-6-10-15/h3-12H,13H2,1-2H3,(H,20,23). The van der Waals surface area contributed by atoms with E-state index in [0.29, 0.717) is 5.69 Å². The van der Waals surface area contributed by atoms with Gasteiger partial charge in [0.1, 0.15) is 6.61 Å². The third-order valence-corrected chi connectivity index (χ3v) is 3.71. The minimum absolute atomic E-state index is 0.229. The number of rotatable bonds is 4. The summed E-state index contributed by atoms with van der Waals surface area (Å²) in [5.41, 5.74) is 4.19. The van der Waals surface area contributed by atoms with Crippen LogP contribution < -0.4 is 5.32 Å². The molecule has 3 aromatic rings. The van der Waals surface area contributed by atoms with Crippen LogP contribution in [0, 0.1) is 6.92 Å². The molecule has 0 saturated carbocycles. The van der Waals surface area contributed by atoms with E-state index in [1.807, 2.05) is 74.6 Å². The Morgan fingerprint density at radius 1 is 1.08 bits per heavy atom. The first-order valence-corrected chi connectivity index (χ1v) is 7.72. The number of amides is 1. The van der Waals surface area contributed by atoms with E-state index in [0.717, 1.165) is 22.5 Å². The summed E-state index contributed by atoms with van der Waals surface area (Å²) in [7, 11) is 1.86. The van der Waals surface area contributed by atoms with Crippen molar-refractivity contribution in [3.63, 3.8) is 0 Å². The van der Waals surface area contributed by atoms with Crippen LogP contribution in [0.5, 0.6) is 0 Å². The molecule has 5 heteroatoms. The van der Waals surface area contributed by atoms with Crippen LogP contribution in [-0.4, -0.2) is 15.9 Å². The predicted molar refractivity (Wildman–Crippen MR) is 93.6 cm³/mol. The van der Waals surface area contributed by atoms with Crippen LogP contribution in [0.15, 0.2) is 60.7 Å². The van der Waals surface area contributed by atoms with Gasteiger partial charge in [-0.05, 0) is 12.5 Å². The number of ether oxygens (including phenoxy) is 1. The maximum absolute atomic E-state index is 12.2. The van der Waals surface area contributed by atoms with Crippen LogP contribution in [0.3, 0.4) is 0 Å². The molecular formula is C19H19N3O2. The van der Waals surface area contributed by atoms with E-state index in [2.05, 4.69) is 10.4 Å². The van der Waals surface area contributed by atoms with Crippen LogP contribution in [-0.2, 0) is 18.4 Å². The molecule has 5 nitrogen and oxygen atoms in total. The number of anilines is 1. The van der Waals surface area contributed by atoms with Crippen molar-refractivity contribution in [1.82, 2.24) is 9.78 Å². The van der Waals surface area contributed by atoms with Crippen molar-refractivity contribution in [3.05, 3.63) is 71.9 Å². The molecule has 0 aliphatic carbocycles. The second kappa shape index (κ2) is 7.00. The number of aryl methyl sites for hydroxylation is 2. The molecule has 0 saturated heterocycles. The number of benzene rings is 2. The Kier molecular flexibility index (Phi) is 4.61. The highest BCUT2D eigenvalue weighted by atomic mass is 16.5. The molecule has 24 heavy (non-hydrogen) atoms. The summed E-state index contributed by atoms with van der Waals surface area (Å²) in [6.45, 7) is 2.09. The predicted octanol–water partition coefficient (Wildman–Crippen LogP) is 4.14. The van der Waals surface area contributed by atoms with Gasteiger partial charge < -0.3 is 4.74 Å². The lowest BCUT2D eigenvalue weighted by Crippen LogP contribution is -2.14. The van der Waals surface area contributed by atoms with Crippen molar-refractivity contribution < 1.29 is 9.53 Å². The van der Waals surface area contributed by atoms with E-state index in [1.165, 1.54) is 0 Å². The fraction of sp³-hybridized carbons (Fsp3) is 0.158. The van der Waals surface area contributed by atoms with Crippen LogP contribution in [0.2, 0.25) is 0 Å². The second-order valence-electron chi connectivity index (χ2n) is 5.49. The molecule has 1 heterocycles. The average molecular weight is 321 g/mol. The Morgan fingerprint density at radius 3 is 2.38 bits per heavy atom. The van der Waals surface area contributed by atoms with Gasteiger partial charge in [-0.2, -0.15) is 5.10 Å². The lowest BCUT2D eigenvalue weighted by molar-refractivity contribution is 0.155. The van der Waals surface area contributed by atoms with Gasteiger partial charge >= 0.3 is 6.09 Å². The molecule has 0 spiro atoms. The van der Waals surface area contributed by atoms with E-state index in [-0.39, 0.29) is 6.61 Å².